The first-order chi connectivity index (χ1) is 9.56. The summed E-state index contributed by atoms with van der Waals surface area (Å²) in [6.07, 6.45) is 0.486. The van der Waals surface area contributed by atoms with Gasteiger partial charge >= 0.3 is 6.03 Å². The highest BCUT2D eigenvalue weighted by Gasteiger charge is 2.09. The van der Waals surface area contributed by atoms with Crippen molar-refractivity contribution < 1.29 is 9.32 Å². The number of aromatic nitrogens is 2. The van der Waals surface area contributed by atoms with E-state index in [0.29, 0.717) is 29.7 Å². The first-order valence-electron chi connectivity index (χ1n) is 6.10. The summed E-state index contributed by atoms with van der Waals surface area (Å²) in [6.45, 7) is 0.444. The van der Waals surface area contributed by atoms with Crippen LogP contribution in [-0.2, 0) is 6.42 Å². The minimum absolute atomic E-state index is 0.151. The largest absolute Gasteiger partial charge is 0.339 e. The summed E-state index contributed by atoms with van der Waals surface area (Å²) < 4.78 is 5.13. The molecule has 0 unspecified atom stereocenters. The third-order valence-corrected chi connectivity index (χ3v) is 2.84. The summed E-state index contributed by atoms with van der Waals surface area (Å²) in [7, 11) is 3.36. The van der Waals surface area contributed by atoms with Crippen LogP contribution >= 0.6 is 11.6 Å². The molecule has 106 valence electrons. The molecule has 0 spiro atoms. The van der Waals surface area contributed by atoms with E-state index >= 15 is 0 Å². The maximum absolute atomic E-state index is 11.3. The van der Waals surface area contributed by atoms with Crippen LogP contribution in [0.5, 0.6) is 0 Å². The Balaban J connectivity index is 1.92. The molecule has 6 nitrogen and oxygen atoms in total. The fourth-order valence-electron chi connectivity index (χ4n) is 1.51. The van der Waals surface area contributed by atoms with E-state index < -0.39 is 0 Å². The second-order valence-corrected chi connectivity index (χ2v) is 4.83. The van der Waals surface area contributed by atoms with Gasteiger partial charge in [0.1, 0.15) is 0 Å². The van der Waals surface area contributed by atoms with Crippen molar-refractivity contribution in [1.82, 2.24) is 20.4 Å². The molecular formula is C13H15ClN4O2. The number of benzene rings is 1. The van der Waals surface area contributed by atoms with Gasteiger partial charge in [-0.05, 0) is 24.3 Å². The Morgan fingerprint density at radius 2 is 2.05 bits per heavy atom. The molecule has 7 heteroatoms. The van der Waals surface area contributed by atoms with Crippen molar-refractivity contribution in [1.29, 1.82) is 0 Å². The molecule has 0 radical (unpaired) electrons. The van der Waals surface area contributed by atoms with E-state index in [1.54, 1.807) is 26.2 Å². The smallest absolute Gasteiger partial charge is 0.316 e. The molecule has 0 bridgehead atoms. The zero-order chi connectivity index (χ0) is 14.5. The Hall–Kier alpha value is -2.08. The number of carbonyl (C=O) groups is 1. The normalized spacial score (nSPS) is 10.3. The van der Waals surface area contributed by atoms with Crippen molar-refractivity contribution in [3.05, 3.63) is 35.2 Å². The topological polar surface area (TPSA) is 71.3 Å². The summed E-state index contributed by atoms with van der Waals surface area (Å²) >= 11 is 5.82. The first kappa shape index (κ1) is 14.3. The highest BCUT2D eigenvalue weighted by Crippen LogP contribution is 2.18. The lowest BCUT2D eigenvalue weighted by atomic mass is 10.2. The van der Waals surface area contributed by atoms with Gasteiger partial charge in [-0.3, -0.25) is 0 Å². The molecule has 0 saturated heterocycles. The molecule has 2 aromatic rings. The van der Waals surface area contributed by atoms with Gasteiger partial charge in [0.25, 0.3) is 0 Å². The van der Waals surface area contributed by atoms with Gasteiger partial charge in [0.15, 0.2) is 0 Å². The molecule has 0 aliphatic carbocycles. The fourth-order valence-corrected chi connectivity index (χ4v) is 1.63. The molecule has 0 aliphatic heterocycles. The Morgan fingerprint density at radius 1 is 1.35 bits per heavy atom. The van der Waals surface area contributed by atoms with Gasteiger partial charge in [-0.15, -0.1) is 0 Å². The standard InChI is InChI=1S/C13H15ClN4O2/c1-18(2)13(19)15-8-7-11-16-12(17-20-11)9-3-5-10(14)6-4-9/h3-6H,7-8H2,1-2H3,(H,15,19). The number of urea groups is 1. The van der Waals surface area contributed by atoms with Gasteiger partial charge in [0.05, 0.1) is 0 Å². The number of hydrogen-bond acceptors (Lipinski definition) is 4. The molecule has 0 aliphatic rings. The second-order valence-electron chi connectivity index (χ2n) is 4.39. The molecule has 0 atom stereocenters. The quantitative estimate of drug-likeness (QED) is 0.938. The van der Waals surface area contributed by atoms with Gasteiger partial charge in [-0.25, -0.2) is 4.79 Å². The van der Waals surface area contributed by atoms with Crippen LogP contribution in [-0.4, -0.2) is 41.7 Å². The molecule has 2 rings (SSSR count). The van der Waals surface area contributed by atoms with Crippen LogP contribution in [0.1, 0.15) is 5.89 Å². The highest BCUT2D eigenvalue weighted by atomic mass is 35.5. The Bertz CT molecular complexity index is 580. The summed E-state index contributed by atoms with van der Waals surface area (Å²) in [5.41, 5.74) is 0.835. The van der Waals surface area contributed by atoms with Crippen LogP contribution in [0.4, 0.5) is 4.79 Å². The third-order valence-electron chi connectivity index (χ3n) is 2.59. The molecule has 1 aromatic carbocycles. The van der Waals surface area contributed by atoms with Crippen LogP contribution < -0.4 is 5.32 Å². The van der Waals surface area contributed by atoms with E-state index in [1.165, 1.54) is 4.90 Å². The van der Waals surface area contributed by atoms with Gasteiger partial charge in [-0.2, -0.15) is 4.98 Å². The SMILES string of the molecule is CN(C)C(=O)NCCc1nc(-c2ccc(Cl)cc2)no1. The summed E-state index contributed by atoms with van der Waals surface area (Å²) in [4.78, 5) is 17.1. The first-order valence-corrected chi connectivity index (χ1v) is 6.48. The van der Waals surface area contributed by atoms with Gasteiger partial charge < -0.3 is 14.7 Å². The number of halogens is 1. The van der Waals surface area contributed by atoms with Crippen molar-refractivity contribution in [2.24, 2.45) is 0 Å². The molecule has 0 fully saturated rings. The number of hydrogen-bond donors (Lipinski definition) is 1. The van der Waals surface area contributed by atoms with Crippen LogP contribution in [0.25, 0.3) is 11.4 Å². The summed E-state index contributed by atoms with van der Waals surface area (Å²) in [6, 6.07) is 7.03. The average Bonchev–Trinajstić information content (AvgIpc) is 2.88. The molecule has 1 N–H and O–H groups in total. The molecule has 2 amide bonds. The van der Waals surface area contributed by atoms with Crippen molar-refractivity contribution in [2.75, 3.05) is 20.6 Å². The van der Waals surface area contributed by atoms with Gasteiger partial charge in [-0.1, -0.05) is 16.8 Å². The minimum atomic E-state index is -0.151. The second kappa shape index (κ2) is 6.38. The Morgan fingerprint density at radius 3 is 2.70 bits per heavy atom. The molecule has 1 aromatic heterocycles. The van der Waals surface area contributed by atoms with E-state index in [4.69, 9.17) is 16.1 Å². The lowest BCUT2D eigenvalue weighted by molar-refractivity contribution is 0.217. The molecule has 1 heterocycles. The average molecular weight is 295 g/mol. The van der Waals surface area contributed by atoms with E-state index in [-0.39, 0.29) is 6.03 Å². The third kappa shape index (κ3) is 3.71. The van der Waals surface area contributed by atoms with E-state index in [9.17, 15) is 4.79 Å². The number of amides is 2. The predicted octanol–water partition coefficient (Wildman–Crippen LogP) is 2.20. The molecule has 20 heavy (non-hydrogen) atoms. The van der Waals surface area contributed by atoms with Crippen molar-refractivity contribution in [2.45, 2.75) is 6.42 Å². The zero-order valence-electron chi connectivity index (χ0n) is 11.3. The van der Waals surface area contributed by atoms with E-state index in [1.807, 2.05) is 12.1 Å². The maximum Gasteiger partial charge on any atom is 0.316 e. The number of rotatable bonds is 4. The number of nitrogens with one attached hydrogen (secondary N) is 1. The Labute approximate surface area is 121 Å². The van der Waals surface area contributed by atoms with Crippen molar-refractivity contribution >= 4 is 17.6 Å². The zero-order valence-corrected chi connectivity index (χ0v) is 12.0. The van der Waals surface area contributed by atoms with Crippen molar-refractivity contribution in [3.8, 4) is 11.4 Å². The summed E-state index contributed by atoms with van der Waals surface area (Å²) in [5.74, 6) is 0.990. The van der Waals surface area contributed by atoms with Crippen LogP contribution in [0.2, 0.25) is 5.02 Å². The van der Waals surface area contributed by atoms with E-state index in [2.05, 4.69) is 15.5 Å². The predicted molar refractivity (Wildman–Crippen MR) is 75.5 cm³/mol. The summed E-state index contributed by atoms with van der Waals surface area (Å²) in [5, 5.41) is 7.28. The maximum atomic E-state index is 11.3. The van der Waals surface area contributed by atoms with Crippen LogP contribution in [0.15, 0.2) is 28.8 Å². The van der Waals surface area contributed by atoms with Crippen LogP contribution in [0.3, 0.4) is 0 Å². The number of carbonyl (C=O) groups excluding carboxylic acids is 1. The van der Waals surface area contributed by atoms with Crippen LogP contribution in [0, 0.1) is 0 Å². The molecule has 0 saturated carbocycles. The molecular weight excluding hydrogens is 280 g/mol. The van der Waals surface area contributed by atoms with Gasteiger partial charge in [0, 0.05) is 37.6 Å². The minimum Gasteiger partial charge on any atom is -0.339 e. The Kier molecular flexibility index (Phi) is 4.57. The van der Waals surface area contributed by atoms with E-state index in [0.717, 1.165) is 5.56 Å². The lowest BCUT2D eigenvalue weighted by Gasteiger charge is -2.10. The highest BCUT2D eigenvalue weighted by molar-refractivity contribution is 6.30. The van der Waals surface area contributed by atoms with Gasteiger partial charge in [0.2, 0.25) is 11.7 Å². The van der Waals surface area contributed by atoms with Crippen molar-refractivity contribution in [3.63, 3.8) is 0 Å². The monoisotopic (exact) mass is 294 g/mol. The number of nitrogens with zero attached hydrogens (tertiary/aromatic N) is 3. The fraction of sp³-hybridized carbons (Fsp3) is 0.308. The lowest BCUT2D eigenvalue weighted by Crippen LogP contribution is -2.35.